The van der Waals surface area contributed by atoms with Crippen molar-refractivity contribution in [2.24, 2.45) is 11.3 Å². The number of hydrogen-bond donors (Lipinski definition) is 0. The molecule has 1 aliphatic carbocycles. The molecule has 1 saturated carbocycles. The molecule has 1 aromatic carbocycles. The molecule has 1 atom stereocenters. The van der Waals surface area contributed by atoms with Crippen LogP contribution in [0.4, 0.5) is 0 Å². The summed E-state index contributed by atoms with van der Waals surface area (Å²) in [6, 6.07) is 10.6. The Morgan fingerprint density at radius 1 is 1.21 bits per heavy atom. The first kappa shape index (κ1) is 14.3. The van der Waals surface area contributed by atoms with Gasteiger partial charge in [0.1, 0.15) is 0 Å². The van der Waals surface area contributed by atoms with Crippen molar-refractivity contribution in [3.05, 3.63) is 41.5 Å². The van der Waals surface area contributed by atoms with Crippen molar-refractivity contribution < 1.29 is 4.74 Å². The van der Waals surface area contributed by atoms with E-state index in [1.807, 2.05) is 0 Å². The minimum atomic E-state index is -0.0328. The minimum Gasteiger partial charge on any atom is -0.376 e. The van der Waals surface area contributed by atoms with E-state index in [2.05, 4.69) is 71.0 Å². The van der Waals surface area contributed by atoms with E-state index < -0.39 is 0 Å². The molecule has 104 valence electrons. The van der Waals surface area contributed by atoms with Crippen LogP contribution in [0.15, 0.2) is 35.9 Å². The monoisotopic (exact) mass is 258 g/mol. The molecule has 1 heteroatoms. The molecule has 0 bridgehead atoms. The fourth-order valence-electron chi connectivity index (χ4n) is 2.53. The van der Waals surface area contributed by atoms with E-state index in [0.717, 1.165) is 13.0 Å². The van der Waals surface area contributed by atoms with Gasteiger partial charge in [-0.3, -0.25) is 0 Å². The maximum absolute atomic E-state index is 5.94. The summed E-state index contributed by atoms with van der Waals surface area (Å²) in [6.07, 6.45) is 3.51. The highest BCUT2D eigenvalue weighted by Crippen LogP contribution is 2.51. The molecule has 0 aromatic heterocycles. The second-order valence-corrected chi connectivity index (χ2v) is 7.13. The average molecular weight is 258 g/mol. The van der Waals surface area contributed by atoms with Gasteiger partial charge in [0, 0.05) is 0 Å². The molecule has 1 nitrogen and oxygen atoms in total. The van der Waals surface area contributed by atoms with E-state index in [0.29, 0.717) is 5.92 Å². The van der Waals surface area contributed by atoms with Gasteiger partial charge in [-0.05, 0) is 44.1 Å². The Kier molecular flexibility index (Phi) is 3.87. The van der Waals surface area contributed by atoms with Crippen molar-refractivity contribution in [1.29, 1.82) is 0 Å². The first-order valence-electron chi connectivity index (χ1n) is 7.19. The molecule has 0 spiro atoms. The minimum absolute atomic E-state index is 0.0328. The molecular formula is C18H26O. The van der Waals surface area contributed by atoms with Crippen LogP contribution >= 0.6 is 0 Å². The number of ether oxygens (including phenoxy) is 1. The van der Waals surface area contributed by atoms with E-state index in [4.69, 9.17) is 4.74 Å². The Morgan fingerprint density at radius 2 is 1.84 bits per heavy atom. The lowest BCUT2D eigenvalue weighted by Crippen LogP contribution is -2.42. The van der Waals surface area contributed by atoms with Crippen LogP contribution in [0.3, 0.4) is 0 Å². The Labute approximate surface area is 117 Å². The Morgan fingerprint density at radius 3 is 2.37 bits per heavy atom. The summed E-state index contributed by atoms with van der Waals surface area (Å²) in [4.78, 5) is 0. The van der Waals surface area contributed by atoms with E-state index >= 15 is 0 Å². The van der Waals surface area contributed by atoms with Gasteiger partial charge in [-0.1, -0.05) is 55.8 Å². The van der Waals surface area contributed by atoms with Crippen molar-refractivity contribution in [3.63, 3.8) is 0 Å². The average Bonchev–Trinajstić information content (AvgIpc) is 2.33. The van der Waals surface area contributed by atoms with Crippen LogP contribution in [0.5, 0.6) is 0 Å². The maximum Gasteiger partial charge on any atom is 0.0598 e. The third-order valence-corrected chi connectivity index (χ3v) is 4.17. The summed E-state index contributed by atoms with van der Waals surface area (Å²) in [5.41, 5.74) is 3.08. The van der Waals surface area contributed by atoms with Gasteiger partial charge in [-0.15, -0.1) is 0 Å². The number of benzene rings is 1. The van der Waals surface area contributed by atoms with E-state index in [9.17, 15) is 0 Å². The lowest BCUT2D eigenvalue weighted by molar-refractivity contribution is -0.0542. The second kappa shape index (κ2) is 5.13. The number of allylic oxidation sites excluding steroid dienone is 1. The fraction of sp³-hybridized carbons (Fsp3) is 0.556. The van der Waals surface area contributed by atoms with Gasteiger partial charge in [0.05, 0.1) is 12.2 Å². The molecule has 0 amide bonds. The lowest BCUT2D eigenvalue weighted by atomic mass is 9.58. The standard InChI is InChI=1S/C18H26O/c1-17(2,3)19-13-16-12-15(18(16,4)5)11-14-9-7-6-8-10-14/h6-11,16H,12-13H2,1-5H3. The zero-order valence-electron chi connectivity index (χ0n) is 12.9. The summed E-state index contributed by atoms with van der Waals surface area (Å²) < 4.78 is 5.94. The summed E-state index contributed by atoms with van der Waals surface area (Å²) >= 11 is 0. The van der Waals surface area contributed by atoms with E-state index in [1.165, 1.54) is 5.56 Å². The molecule has 0 aliphatic heterocycles. The molecule has 0 heterocycles. The quantitative estimate of drug-likeness (QED) is 0.747. The topological polar surface area (TPSA) is 9.23 Å². The molecule has 0 N–H and O–H groups in total. The van der Waals surface area contributed by atoms with E-state index in [-0.39, 0.29) is 11.0 Å². The molecule has 1 aliphatic rings. The van der Waals surface area contributed by atoms with Gasteiger partial charge in [0.2, 0.25) is 0 Å². The maximum atomic E-state index is 5.94. The third-order valence-electron chi connectivity index (χ3n) is 4.17. The largest absolute Gasteiger partial charge is 0.376 e. The zero-order chi connectivity index (χ0) is 14.1. The molecule has 1 fully saturated rings. The van der Waals surface area contributed by atoms with Gasteiger partial charge in [0.25, 0.3) is 0 Å². The molecule has 19 heavy (non-hydrogen) atoms. The van der Waals surface area contributed by atoms with Crippen LogP contribution in [0.25, 0.3) is 6.08 Å². The molecule has 1 unspecified atom stereocenters. The second-order valence-electron chi connectivity index (χ2n) is 7.13. The van der Waals surface area contributed by atoms with Crippen LogP contribution in [0, 0.1) is 11.3 Å². The van der Waals surface area contributed by atoms with Crippen LogP contribution in [-0.2, 0) is 4.74 Å². The highest BCUT2D eigenvalue weighted by Gasteiger charge is 2.43. The number of hydrogen-bond acceptors (Lipinski definition) is 1. The molecular weight excluding hydrogens is 232 g/mol. The van der Waals surface area contributed by atoms with Crippen LogP contribution < -0.4 is 0 Å². The summed E-state index contributed by atoms with van der Waals surface area (Å²) in [5, 5.41) is 0. The van der Waals surface area contributed by atoms with Crippen molar-refractivity contribution in [2.45, 2.75) is 46.6 Å². The summed E-state index contributed by atoms with van der Waals surface area (Å²) in [7, 11) is 0. The Hall–Kier alpha value is -1.08. The van der Waals surface area contributed by atoms with Crippen molar-refractivity contribution in [2.75, 3.05) is 6.61 Å². The Balaban J connectivity index is 2.00. The van der Waals surface area contributed by atoms with E-state index in [1.54, 1.807) is 5.57 Å². The smallest absolute Gasteiger partial charge is 0.0598 e. The predicted octanol–water partition coefficient (Wildman–Crippen LogP) is 4.93. The van der Waals surface area contributed by atoms with Gasteiger partial charge < -0.3 is 4.74 Å². The highest BCUT2D eigenvalue weighted by atomic mass is 16.5. The fourth-order valence-corrected chi connectivity index (χ4v) is 2.53. The first-order chi connectivity index (χ1) is 8.79. The number of rotatable bonds is 3. The normalized spacial score (nSPS) is 24.3. The van der Waals surface area contributed by atoms with Gasteiger partial charge in [-0.2, -0.15) is 0 Å². The van der Waals surface area contributed by atoms with Crippen molar-refractivity contribution in [3.8, 4) is 0 Å². The summed E-state index contributed by atoms with van der Waals surface area (Å²) in [5.74, 6) is 0.640. The zero-order valence-corrected chi connectivity index (χ0v) is 12.9. The lowest BCUT2D eigenvalue weighted by Gasteiger charge is -2.48. The van der Waals surface area contributed by atoms with Crippen LogP contribution in [0.2, 0.25) is 0 Å². The van der Waals surface area contributed by atoms with Crippen LogP contribution in [-0.4, -0.2) is 12.2 Å². The predicted molar refractivity (Wildman–Crippen MR) is 82.0 cm³/mol. The SMILES string of the molecule is CC(C)(C)OCC1CC(=Cc2ccccc2)C1(C)C. The molecule has 0 saturated heterocycles. The third kappa shape index (κ3) is 3.48. The first-order valence-corrected chi connectivity index (χ1v) is 7.19. The van der Waals surface area contributed by atoms with Gasteiger partial charge in [-0.25, -0.2) is 0 Å². The molecule has 1 aromatic rings. The highest BCUT2D eigenvalue weighted by molar-refractivity contribution is 5.56. The molecule has 0 radical (unpaired) electrons. The van der Waals surface area contributed by atoms with Gasteiger partial charge in [0.15, 0.2) is 0 Å². The van der Waals surface area contributed by atoms with Crippen molar-refractivity contribution >= 4 is 6.08 Å². The summed E-state index contributed by atoms with van der Waals surface area (Å²) in [6.45, 7) is 11.9. The van der Waals surface area contributed by atoms with Crippen LogP contribution in [0.1, 0.15) is 46.6 Å². The van der Waals surface area contributed by atoms with Gasteiger partial charge >= 0.3 is 0 Å². The van der Waals surface area contributed by atoms with Crippen molar-refractivity contribution in [1.82, 2.24) is 0 Å². The Bertz CT molecular complexity index is 448. The molecule has 2 rings (SSSR count).